The van der Waals surface area contributed by atoms with E-state index in [1.54, 1.807) is 0 Å². The summed E-state index contributed by atoms with van der Waals surface area (Å²) in [6.07, 6.45) is 4.61. The lowest BCUT2D eigenvalue weighted by molar-refractivity contribution is -0.139. The highest BCUT2D eigenvalue weighted by atomic mass is 16.5. The van der Waals surface area contributed by atoms with Gasteiger partial charge in [0.2, 0.25) is 0 Å². The summed E-state index contributed by atoms with van der Waals surface area (Å²) in [6, 6.07) is -0.233. The molecule has 0 bridgehead atoms. The monoisotopic (exact) mass is 284 g/mol. The number of carbonyl (C=O) groups is 2. The van der Waals surface area contributed by atoms with E-state index in [0.717, 1.165) is 18.4 Å². The average molecular weight is 284 g/mol. The molecule has 0 radical (unpaired) electrons. The van der Waals surface area contributed by atoms with Crippen LogP contribution in [0.3, 0.4) is 0 Å². The summed E-state index contributed by atoms with van der Waals surface area (Å²) >= 11 is 0. The van der Waals surface area contributed by atoms with Crippen LogP contribution in [0.2, 0.25) is 0 Å². The molecule has 1 atom stereocenters. The fourth-order valence-corrected chi connectivity index (χ4v) is 2.68. The van der Waals surface area contributed by atoms with Crippen LogP contribution < -0.4 is 10.6 Å². The molecular weight excluding hydrogens is 260 g/mol. The summed E-state index contributed by atoms with van der Waals surface area (Å²) < 4.78 is 5.01. The SMILES string of the molecule is COC(CNC(=O)NCC(C1CC1)C1CC1)CC(=O)O. The van der Waals surface area contributed by atoms with E-state index in [9.17, 15) is 9.59 Å². The van der Waals surface area contributed by atoms with Gasteiger partial charge < -0.3 is 20.5 Å². The van der Waals surface area contributed by atoms with Crippen molar-refractivity contribution < 1.29 is 19.4 Å². The molecular formula is C14H24N2O4. The quantitative estimate of drug-likeness (QED) is 0.594. The van der Waals surface area contributed by atoms with Gasteiger partial charge in [-0.1, -0.05) is 0 Å². The van der Waals surface area contributed by atoms with E-state index >= 15 is 0 Å². The number of carboxylic acids is 1. The Morgan fingerprint density at radius 3 is 2.15 bits per heavy atom. The fourth-order valence-electron chi connectivity index (χ4n) is 2.68. The molecule has 2 fully saturated rings. The summed E-state index contributed by atoms with van der Waals surface area (Å²) in [5.41, 5.74) is 0. The van der Waals surface area contributed by atoms with E-state index < -0.39 is 12.1 Å². The van der Waals surface area contributed by atoms with Gasteiger partial charge in [0.25, 0.3) is 0 Å². The van der Waals surface area contributed by atoms with Gasteiger partial charge in [0.05, 0.1) is 12.5 Å². The summed E-state index contributed by atoms with van der Waals surface area (Å²) in [4.78, 5) is 22.3. The normalized spacial score (nSPS) is 19.7. The Hall–Kier alpha value is -1.30. The van der Waals surface area contributed by atoms with Gasteiger partial charge in [-0.05, 0) is 43.4 Å². The Morgan fingerprint density at radius 1 is 1.15 bits per heavy atom. The molecule has 6 heteroatoms. The molecule has 2 amide bonds. The van der Waals surface area contributed by atoms with Crippen molar-refractivity contribution in [2.45, 2.75) is 38.2 Å². The molecule has 0 aromatic carbocycles. The first-order chi connectivity index (χ1) is 9.60. The predicted octanol–water partition coefficient (Wildman–Crippen LogP) is 1.21. The number of carbonyl (C=O) groups excluding carboxylic acids is 1. The molecule has 1 unspecified atom stereocenters. The van der Waals surface area contributed by atoms with Crippen molar-refractivity contribution >= 4 is 12.0 Å². The zero-order valence-corrected chi connectivity index (χ0v) is 11.9. The van der Waals surface area contributed by atoms with E-state index in [4.69, 9.17) is 9.84 Å². The van der Waals surface area contributed by atoms with Crippen LogP contribution in [0.15, 0.2) is 0 Å². The van der Waals surface area contributed by atoms with Crippen molar-refractivity contribution in [1.29, 1.82) is 0 Å². The molecule has 6 nitrogen and oxygen atoms in total. The molecule has 0 heterocycles. The Labute approximate surface area is 119 Å². The first kappa shape index (κ1) is 15.1. The lowest BCUT2D eigenvalue weighted by Gasteiger charge is -2.18. The molecule has 3 N–H and O–H groups in total. The van der Waals surface area contributed by atoms with Crippen molar-refractivity contribution in [3.63, 3.8) is 0 Å². The standard InChI is InChI=1S/C14H24N2O4/c1-20-11(6-13(17)18)7-15-14(19)16-8-12(9-2-3-9)10-4-5-10/h9-12H,2-8H2,1H3,(H,17,18)(H2,15,16,19). The van der Waals surface area contributed by atoms with Crippen molar-refractivity contribution in [3.8, 4) is 0 Å². The second-order valence-corrected chi connectivity index (χ2v) is 5.89. The van der Waals surface area contributed by atoms with E-state index in [2.05, 4.69) is 10.6 Å². The minimum atomic E-state index is -0.929. The number of aliphatic carboxylic acids is 1. The largest absolute Gasteiger partial charge is 0.481 e. The van der Waals surface area contributed by atoms with Crippen LogP contribution in [-0.4, -0.2) is 43.4 Å². The molecule has 0 spiro atoms. The highest BCUT2D eigenvalue weighted by Crippen LogP contribution is 2.48. The van der Waals surface area contributed by atoms with Gasteiger partial charge in [-0.25, -0.2) is 4.79 Å². The molecule has 20 heavy (non-hydrogen) atoms. The van der Waals surface area contributed by atoms with Gasteiger partial charge in [-0.2, -0.15) is 0 Å². The highest BCUT2D eigenvalue weighted by molar-refractivity contribution is 5.74. The fraction of sp³-hybridized carbons (Fsp3) is 0.857. The second kappa shape index (κ2) is 6.92. The van der Waals surface area contributed by atoms with Gasteiger partial charge in [0, 0.05) is 20.2 Å². The molecule has 2 aliphatic carbocycles. The van der Waals surface area contributed by atoms with Crippen LogP contribution in [0.25, 0.3) is 0 Å². The van der Waals surface area contributed by atoms with Gasteiger partial charge in [-0.15, -0.1) is 0 Å². The van der Waals surface area contributed by atoms with Gasteiger partial charge in [0.1, 0.15) is 0 Å². The second-order valence-electron chi connectivity index (χ2n) is 5.89. The van der Waals surface area contributed by atoms with Gasteiger partial charge in [-0.3, -0.25) is 4.79 Å². The number of ether oxygens (including phenoxy) is 1. The van der Waals surface area contributed by atoms with Gasteiger partial charge >= 0.3 is 12.0 Å². The Balaban J connectivity index is 1.62. The third-order valence-corrected chi connectivity index (χ3v) is 4.18. The van der Waals surface area contributed by atoms with Crippen LogP contribution >= 0.6 is 0 Å². The van der Waals surface area contributed by atoms with E-state index in [1.165, 1.54) is 32.8 Å². The highest BCUT2D eigenvalue weighted by Gasteiger charge is 2.41. The molecule has 0 aliphatic heterocycles. The lowest BCUT2D eigenvalue weighted by atomic mass is 9.98. The minimum Gasteiger partial charge on any atom is -0.481 e. The van der Waals surface area contributed by atoms with Crippen LogP contribution in [0.4, 0.5) is 4.79 Å². The Kier molecular flexibility index (Phi) is 5.23. The number of carboxylic acid groups (broad SMARTS) is 1. The number of nitrogens with one attached hydrogen (secondary N) is 2. The average Bonchev–Trinajstić information content (AvgIpc) is 3.26. The summed E-state index contributed by atoms with van der Waals surface area (Å²) in [6.45, 7) is 0.948. The van der Waals surface area contributed by atoms with E-state index in [0.29, 0.717) is 5.92 Å². The number of hydrogen-bond donors (Lipinski definition) is 3. The van der Waals surface area contributed by atoms with E-state index in [-0.39, 0.29) is 19.0 Å². The number of hydrogen-bond acceptors (Lipinski definition) is 3. The summed E-state index contributed by atoms with van der Waals surface area (Å²) in [7, 11) is 1.45. The van der Waals surface area contributed by atoms with Crippen molar-refractivity contribution in [3.05, 3.63) is 0 Å². The molecule has 2 aliphatic rings. The smallest absolute Gasteiger partial charge is 0.314 e. The van der Waals surface area contributed by atoms with Crippen molar-refractivity contribution in [1.82, 2.24) is 10.6 Å². The first-order valence-corrected chi connectivity index (χ1v) is 7.36. The maximum atomic E-state index is 11.7. The number of methoxy groups -OCH3 is 1. The third-order valence-electron chi connectivity index (χ3n) is 4.18. The first-order valence-electron chi connectivity index (χ1n) is 7.36. The summed E-state index contributed by atoms with van der Waals surface area (Å²) in [5.74, 6) is 1.32. The van der Waals surface area contributed by atoms with Crippen LogP contribution in [0.5, 0.6) is 0 Å². The van der Waals surface area contributed by atoms with E-state index in [1.807, 2.05) is 0 Å². The maximum Gasteiger partial charge on any atom is 0.314 e. The molecule has 2 saturated carbocycles. The minimum absolute atomic E-state index is 0.108. The lowest BCUT2D eigenvalue weighted by Crippen LogP contribution is -2.42. The van der Waals surface area contributed by atoms with Crippen LogP contribution in [-0.2, 0) is 9.53 Å². The molecule has 0 aromatic heterocycles. The molecule has 0 aromatic rings. The maximum absolute atomic E-state index is 11.7. The van der Waals surface area contributed by atoms with Crippen molar-refractivity contribution in [2.24, 2.45) is 17.8 Å². The Morgan fingerprint density at radius 2 is 1.70 bits per heavy atom. The number of amides is 2. The third kappa shape index (κ3) is 5.00. The predicted molar refractivity (Wildman–Crippen MR) is 73.4 cm³/mol. The number of urea groups is 1. The van der Waals surface area contributed by atoms with Crippen LogP contribution in [0, 0.1) is 17.8 Å². The molecule has 2 rings (SSSR count). The zero-order chi connectivity index (χ0) is 14.5. The Bertz CT molecular complexity index is 341. The zero-order valence-electron chi connectivity index (χ0n) is 11.9. The van der Waals surface area contributed by atoms with Crippen molar-refractivity contribution in [2.75, 3.05) is 20.2 Å². The van der Waals surface area contributed by atoms with Gasteiger partial charge in [0.15, 0.2) is 0 Å². The molecule has 0 saturated heterocycles. The molecule has 114 valence electrons. The summed E-state index contributed by atoms with van der Waals surface area (Å²) in [5, 5.41) is 14.3. The van der Waals surface area contributed by atoms with Crippen LogP contribution in [0.1, 0.15) is 32.1 Å². The topological polar surface area (TPSA) is 87.7 Å². The number of rotatable bonds is 9.